The van der Waals surface area contributed by atoms with Gasteiger partial charge in [0, 0.05) is 57.6 Å². The number of nitrogens with zero attached hydrogens (tertiary/aromatic N) is 5. The molecule has 0 bridgehead atoms. The molecule has 7 nitrogen and oxygen atoms in total. The molecular formula is C22H31N5O2. The average Bonchev–Trinajstić information content (AvgIpc) is 2.80. The highest BCUT2D eigenvalue weighted by Gasteiger charge is 2.24. The van der Waals surface area contributed by atoms with Crippen LogP contribution in [0.15, 0.2) is 36.5 Å². The number of hydrogen-bond acceptors (Lipinski definition) is 7. The van der Waals surface area contributed by atoms with E-state index in [1.54, 1.807) is 7.11 Å². The molecule has 2 fully saturated rings. The molecule has 4 rings (SSSR count). The summed E-state index contributed by atoms with van der Waals surface area (Å²) in [5.41, 5.74) is 1.26. The van der Waals surface area contributed by atoms with Crippen molar-refractivity contribution in [2.45, 2.75) is 25.4 Å². The Morgan fingerprint density at radius 3 is 2.62 bits per heavy atom. The fourth-order valence-corrected chi connectivity index (χ4v) is 4.18. The molecule has 29 heavy (non-hydrogen) atoms. The lowest BCUT2D eigenvalue weighted by atomic mass is 10.0. The van der Waals surface area contributed by atoms with Gasteiger partial charge in [0.1, 0.15) is 11.6 Å². The lowest BCUT2D eigenvalue weighted by Crippen LogP contribution is -2.43. The summed E-state index contributed by atoms with van der Waals surface area (Å²) in [7, 11) is 3.90. The van der Waals surface area contributed by atoms with E-state index in [1.165, 1.54) is 5.56 Å². The number of rotatable bonds is 6. The number of anilines is 2. The molecule has 2 saturated heterocycles. The highest BCUT2D eigenvalue weighted by Crippen LogP contribution is 2.25. The molecular weight excluding hydrogens is 366 g/mol. The molecule has 0 radical (unpaired) electrons. The predicted molar refractivity (Wildman–Crippen MR) is 115 cm³/mol. The van der Waals surface area contributed by atoms with Crippen LogP contribution in [0, 0.1) is 0 Å². The van der Waals surface area contributed by atoms with Gasteiger partial charge in [-0.2, -0.15) is 4.98 Å². The maximum Gasteiger partial charge on any atom is 0.227 e. The maximum atomic E-state index is 5.50. The first kappa shape index (κ1) is 19.9. The zero-order chi connectivity index (χ0) is 20.1. The molecule has 1 aromatic heterocycles. The molecule has 156 valence electrons. The lowest BCUT2D eigenvalue weighted by Gasteiger charge is -2.37. The van der Waals surface area contributed by atoms with Crippen LogP contribution in [-0.4, -0.2) is 74.5 Å². The molecule has 0 N–H and O–H groups in total. The second-order valence-electron chi connectivity index (χ2n) is 7.74. The van der Waals surface area contributed by atoms with E-state index in [9.17, 15) is 0 Å². The Kier molecular flexibility index (Phi) is 6.46. The number of benzene rings is 1. The summed E-state index contributed by atoms with van der Waals surface area (Å²) in [5, 5.41) is 0. The smallest absolute Gasteiger partial charge is 0.227 e. The zero-order valence-electron chi connectivity index (χ0n) is 17.5. The Hall–Kier alpha value is -2.38. The molecule has 0 amide bonds. The van der Waals surface area contributed by atoms with Crippen LogP contribution in [0.25, 0.3) is 0 Å². The van der Waals surface area contributed by atoms with Crippen molar-refractivity contribution < 1.29 is 9.47 Å². The molecule has 0 saturated carbocycles. The van der Waals surface area contributed by atoms with E-state index < -0.39 is 0 Å². The van der Waals surface area contributed by atoms with Gasteiger partial charge in [-0.15, -0.1) is 0 Å². The van der Waals surface area contributed by atoms with E-state index in [4.69, 9.17) is 14.5 Å². The molecule has 2 aliphatic rings. The Balaban J connectivity index is 1.35. The topological polar surface area (TPSA) is 54.0 Å². The summed E-state index contributed by atoms with van der Waals surface area (Å²) < 4.78 is 10.9. The van der Waals surface area contributed by atoms with E-state index in [-0.39, 0.29) is 0 Å². The number of ether oxygens (including phenoxy) is 2. The van der Waals surface area contributed by atoms with Gasteiger partial charge in [0.05, 0.1) is 20.3 Å². The molecule has 7 heteroatoms. The van der Waals surface area contributed by atoms with Crippen LogP contribution in [-0.2, 0) is 11.3 Å². The number of likely N-dealkylation sites (tertiary alicyclic amines) is 1. The average molecular weight is 398 g/mol. The van der Waals surface area contributed by atoms with Crippen molar-refractivity contribution in [2.75, 3.05) is 63.4 Å². The normalized spacial score (nSPS) is 18.6. The predicted octanol–water partition coefficient (Wildman–Crippen LogP) is 2.42. The first-order chi connectivity index (χ1) is 14.2. The van der Waals surface area contributed by atoms with Crippen molar-refractivity contribution in [1.82, 2.24) is 14.9 Å². The monoisotopic (exact) mass is 397 g/mol. The fraction of sp³-hybridized carbons (Fsp3) is 0.545. The van der Waals surface area contributed by atoms with Gasteiger partial charge >= 0.3 is 0 Å². The quantitative estimate of drug-likeness (QED) is 0.742. The third-order valence-corrected chi connectivity index (χ3v) is 5.97. The van der Waals surface area contributed by atoms with Crippen LogP contribution < -0.4 is 14.5 Å². The minimum atomic E-state index is 0.497. The zero-order valence-corrected chi connectivity index (χ0v) is 17.5. The number of para-hydroxylation sites is 1. The first-order valence-corrected chi connectivity index (χ1v) is 10.5. The van der Waals surface area contributed by atoms with E-state index in [1.807, 2.05) is 24.4 Å². The van der Waals surface area contributed by atoms with Crippen molar-refractivity contribution in [2.24, 2.45) is 0 Å². The van der Waals surface area contributed by atoms with Gasteiger partial charge in [-0.3, -0.25) is 4.90 Å². The van der Waals surface area contributed by atoms with Gasteiger partial charge in [-0.25, -0.2) is 4.98 Å². The molecule has 0 aliphatic carbocycles. The molecule has 0 spiro atoms. The van der Waals surface area contributed by atoms with Crippen molar-refractivity contribution in [3.8, 4) is 5.75 Å². The number of methoxy groups -OCH3 is 1. The Morgan fingerprint density at radius 2 is 1.86 bits per heavy atom. The van der Waals surface area contributed by atoms with Gasteiger partial charge < -0.3 is 19.3 Å². The van der Waals surface area contributed by atoms with Crippen LogP contribution in [0.1, 0.15) is 18.4 Å². The summed E-state index contributed by atoms with van der Waals surface area (Å²) in [6.45, 7) is 6.29. The number of morpholine rings is 1. The minimum Gasteiger partial charge on any atom is -0.496 e. The third-order valence-electron chi connectivity index (χ3n) is 5.97. The van der Waals surface area contributed by atoms with Gasteiger partial charge in [0.15, 0.2) is 0 Å². The SMILES string of the molecule is COc1ccccc1CN1CCC(N(C)c2ccnc(N3CCOCC3)n2)CC1. The minimum absolute atomic E-state index is 0.497. The van der Waals surface area contributed by atoms with Crippen LogP contribution in [0.3, 0.4) is 0 Å². The number of hydrogen-bond donors (Lipinski definition) is 0. The van der Waals surface area contributed by atoms with Gasteiger partial charge in [-0.05, 0) is 25.0 Å². The summed E-state index contributed by atoms with van der Waals surface area (Å²) in [6.07, 6.45) is 4.13. The summed E-state index contributed by atoms with van der Waals surface area (Å²) in [5.74, 6) is 2.79. The molecule has 2 aromatic rings. The van der Waals surface area contributed by atoms with E-state index in [0.717, 1.165) is 76.3 Å². The standard InChI is InChI=1S/C22H31N5O2/c1-25(21-7-10-23-22(24-21)27-13-15-29-16-14-27)19-8-11-26(12-9-19)17-18-5-3-4-6-20(18)28-2/h3-7,10,19H,8-9,11-17H2,1-2H3. The highest BCUT2D eigenvalue weighted by atomic mass is 16.5. The fourth-order valence-electron chi connectivity index (χ4n) is 4.18. The largest absolute Gasteiger partial charge is 0.496 e. The van der Waals surface area contributed by atoms with Crippen LogP contribution in [0.2, 0.25) is 0 Å². The number of aromatic nitrogens is 2. The van der Waals surface area contributed by atoms with Crippen LogP contribution >= 0.6 is 0 Å². The van der Waals surface area contributed by atoms with E-state index in [0.29, 0.717) is 6.04 Å². The van der Waals surface area contributed by atoms with Crippen molar-refractivity contribution in [3.05, 3.63) is 42.1 Å². The number of piperidine rings is 1. The lowest BCUT2D eigenvalue weighted by molar-refractivity contribution is 0.122. The molecule has 3 heterocycles. The third kappa shape index (κ3) is 4.79. The molecule has 1 aromatic carbocycles. The molecule has 0 atom stereocenters. The Morgan fingerprint density at radius 1 is 1.10 bits per heavy atom. The Labute approximate surface area is 173 Å². The van der Waals surface area contributed by atoms with Crippen molar-refractivity contribution in [3.63, 3.8) is 0 Å². The van der Waals surface area contributed by atoms with Gasteiger partial charge in [-0.1, -0.05) is 18.2 Å². The Bertz CT molecular complexity index is 788. The molecule has 2 aliphatic heterocycles. The maximum absolute atomic E-state index is 5.50. The molecule has 0 unspecified atom stereocenters. The second kappa shape index (κ2) is 9.41. The highest BCUT2D eigenvalue weighted by molar-refractivity contribution is 5.44. The van der Waals surface area contributed by atoms with Gasteiger partial charge in [0.25, 0.3) is 0 Å². The second-order valence-corrected chi connectivity index (χ2v) is 7.74. The first-order valence-electron chi connectivity index (χ1n) is 10.5. The van der Waals surface area contributed by atoms with Gasteiger partial charge in [0.2, 0.25) is 5.95 Å². The summed E-state index contributed by atoms with van der Waals surface area (Å²) in [6, 6.07) is 10.8. The van der Waals surface area contributed by atoms with Crippen LogP contribution in [0.4, 0.5) is 11.8 Å². The van der Waals surface area contributed by atoms with E-state index >= 15 is 0 Å². The van der Waals surface area contributed by atoms with Crippen molar-refractivity contribution in [1.29, 1.82) is 0 Å². The van der Waals surface area contributed by atoms with Crippen molar-refractivity contribution >= 4 is 11.8 Å². The summed E-state index contributed by atoms with van der Waals surface area (Å²) in [4.78, 5) is 16.4. The van der Waals surface area contributed by atoms with Crippen LogP contribution in [0.5, 0.6) is 5.75 Å². The summed E-state index contributed by atoms with van der Waals surface area (Å²) >= 11 is 0. The van der Waals surface area contributed by atoms with E-state index in [2.05, 4.69) is 38.9 Å².